The molecule has 0 amide bonds. The topological polar surface area (TPSA) is 71.3 Å². The molecule has 3 rings (SSSR count). The van der Waals surface area contributed by atoms with E-state index in [1.165, 1.54) is 31.5 Å². The Morgan fingerprint density at radius 2 is 2.20 bits per heavy atom. The van der Waals surface area contributed by atoms with Gasteiger partial charge in [0, 0.05) is 23.6 Å². The van der Waals surface area contributed by atoms with E-state index in [9.17, 15) is 10.1 Å². The van der Waals surface area contributed by atoms with Crippen LogP contribution in [0, 0.1) is 15.5 Å². The van der Waals surface area contributed by atoms with Crippen LogP contribution in [0.3, 0.4) is 0 Å². The van der Waals surface area contributed by atoms with E-state index in [2.05, 4.69) is 29.3 Å². The predicted molar refractivity (Wildman–Crippen MR) is 76.7 cm³/mol. The van der Waals surface area contributed by atoms with Gasteiger partial charge >= 0.3 is 0 Å². The Balaban J connectivity index is 1.68. The zero-order valence-electron chi connectivity index (χ0n) is 11.9. The van der Waals surface area contributed by atoms with Crippen molar-refractivity contribution in [2.75, 3.05) is 19.4 Å². The van der Waals surface area contributed by atoms with Crippen molar-refractivity contribution < 1.29 is 4.92 Å². The lowest BCUT2D eigenvalue weighted by Gasteiger charge is -2.63. The summed E-state index contributed by atoms with van der Waals surface area (Å²) in [4.78, 5) is 16.7. The number of nitro groups is 1. The van der Waals surface area contributed by atoms with Crippen LogP contribution in [-0.4, -0.2) is 41.0 Å². The van der Waals surface area contributed by atoms with Crippen molar-refractivity contribution in [3.05, 3.63) is 28.4 Å². The third kappa shape index (κ3) is 1.95. The van der Waals surface area contributed by atoms with E-state index in [0.717, 1.165) is 12.2 Å². The van der Waals surface area contributed by atoms with Gasteiger partial charge in [0.05, 0.1) is 4.92 Å². The second kappa shape index (κ2) is 4.70. The minimum absolute atomic E-state index is 0.0358. The summed E-state index contributed by atoms with van der Waals surface area (Å²) in [6.07, 6.45) is 6.26. The first-order valence-corrected chi connectivity index (χ1v) is 7.06. The average molecular weight is 276 g/mol. The number of hydrogen-bond donors (Lipinski definition) is 1. The second-order valence-corrected chi connectivity index (χ2v) is 6.16. The molecule has 1 aromatic heterocycles. The summed E-state index contributed by atoms with van der Waals surface area (Å²) in [7, 11) is 4.29. The van der Waals surface area contributed by atoms with Gasteiger partial charge in [-0.1, -0.05) is 6.42 Å². The fraction of sp³-hybridized carbons (Fsp3) is 0.643. The molecule has 6 nitrogen and oxygen atoms in total. The predicted octanol–water partition coefficient (Wildman–Crippen LogP) is 2.27. The highest BCUT2D eigenvalue weighted by molar-refractivity contribution is 5.43. The van der Waals surface area contributed by atoms with Gasteiger partial charge < -0.3 is 10.2 Å². The standard InChI is InChI=1S/C14H20N4O2/c1-17(2)12-8-11(14(12)6-3-7-14)16-13-5-4-10(9-15-13)18(19)20/h4-5,9,11-12H,3,6-8H2,1-2H3,(H,15,16). The van der Waals surface area contributed by atoms with Gasteiger partial charge in [-0.15, -0.1) is 0 Å². The fourth-order valence-electron chi connectivity index (χ4n) is 3.72. The van der Waals surface area contributed by atoms with Crippen LogP contribution in [0.2, 0.25) is 0 Å². The Hall–Kier alpha value is -1.69. The molecule has 0 bridgehead atoms. The van der Waals surface area contributed by atoms with Crippen LogP contribution in [0.15, 0.2) is 18.3 Å². The van der Waals surface area contributed by atoms with Gasteiger partial charge in [0.15, 0.2) is 0 Å². The first-order valence-electron chi connectivity index (χ1n) is 7.06. The maximum Gasteiger partial charge on any atom is 0.287 e. The number of nitrogens with one attached hydrogen (secondary N) is 1. The van der Waals surface area contributed by atoms with Crippen molar-refractivity contribution in [2.24, 2.45) is 5.41 Å². The first-order chi connectivity index (χ1) is 9.53. The monoisotopic (exact) mass is 276 g/mol. The van der Waals surface area contributed by atoms with Crippen LogP contribution in [0.25, 0.3) is 0 Å². The SMILES string of the molecule is CN(C)C1CC(Nc2ccc([N+](=O)[O-])cn2)C12CCC2. The zero-order valence-corrected chi connectivity index (χ0v) is 11.9. The summed E-state index contributed by atoms with van der Waals surface area (Å²) in [5.41, 5.74) is 0.418. The van der Waals surface area contributed by atoms with Gasteiger partial charge in [0.25, 0.3) is 5.69 Å². The van der Waals surface area contributed by atoms with Gasteiger partial charge in [0.1, 0.15) is 12.0 Å². The van der Waals surface area contributed by atoms with Crippen molar-refractivity contribution in [1.29, 1.82) is 0 Å². The van der Waals surface area contributed by atoms with E-state index in [4.69, 9.17) is 0 Å². The molecule has 2 fully saturated rings. The van der Waals surface area contributed by atoms with E-state index < -0.39 is 4.92 Å². The first kappa shape index (κ1) is 13.3. The minimum atomic E-state index is -0.421. The van der Waals surface area contributed by atoms with Crippen molar-refractivity contribution >= 4 is 11.5 Å². The molecule has 0 aromatic carbocycles. The number of pyridine rings is 1. The van der Waals surface area contributed by atoms with Crippen molar-refractivity contribution in [1.82, 2.24) is 9.88 Å². The van der Waals surface area contributed by atoms with Crippen LogP contribution in [0.5, 0.6) is 0 Å². The lowest BCUT2D eigenvalue weighted by atomic mass is 9.49. The molecule has 2 aliphatic carbocycles. The molecule has 1 N–H and O–H groups in total. The maximum absolute atomic E-state index is 10.6. The molecule has 6 heteroatoms. The lowest BCUT2D eigenvalue weighted by Crippen LogP contribution is -2.68. The van der Waals surface area contributed by atoms with Gasteiger partial charge in [-0.25, -0.2) is 4.98 Å². The normalized spacial score (nSPS) is 26.9. The molecule has 0 saturated heterocycles. The molecule has 2 aliphatic rings. The molecule has 1 spiro atoms. The summed E-state index contributed by atoms with van der Waals surface area (Å²) in [6, 6.07) is 4.29. The van der Waals surface area contributed by atoms with E-state index in [0.29, 0.717) is 17.5 Å². The molecule has 0 aliphatic heterocycles. The Kier molecular flexibility index (Phi) is 3.12. The summed E-state index contributed by atoms with van der Waals surface area (Å²) in [6.45, 7) is 0. The van der Waals surface area contributed by atoms with E-state index in [-0.39, 0.29) is 5.69 Å². The van der Waals surface area contributed by atoms with E-state index in [1.807, 2.05) is 0 Å². The Bertz CT molecular complexity index is 510. The van der Waals surface area contributed by atoms with Crippen LogP contribution >= 0.6 is 0 Å². The molecular formula is C14H20N4O2. The third-order valence-electron chi connectivity index (χ3n) is 5.01. The highest BCUT2D eigenvalue weighted by Gasteiger charge is 2.58. The molecule has 108 valence electrons. The van der Waals surface area contributed by atoms with Gasteiger partial charge in [0.2, 0.25) is 0 Å². The number of anilines is 1. The molecule has 2 unspecified atom stereocenters. The van der Waals surface area contributed by atoms with Gasteiger partial charge in [-0.2, -0.15) is 0 Å². The smallest absolute Gasteiger partial charge is 0.287 e. The highest BCUT2D eigenvalue weighted by atomic mass is 16.6. The van der Waals surface area contributed by atoms with E-state index >= 15 is 0 Å². The lowest BCUT2D eigenvalue weighted by molar-refractivity contribution is -0.385. The number of aromatic nitrogens is 1. The summed E-state index contributed by atoms with van der Waals surface area (Å²) >= 11 is 0. The van der Waals surface area contributed by atoms with Crippen LogP contribution in [0.4, 0.5) is 11.5 Å². The highest BCUT2D eigenvalue weighted by Crippen LogP contribution is 2.58. The quantitative estimate of drug-likeness (QED) is 0.674. The molecule has 20 heavy (non-hydrogen) atoms. The average Bonchev–Trinajstić information content (AvgIpc) is 2.32. The van der Waals surface area contributed by atoms with Crippen LogP contribution < -0.4 is 5.32 Å². The summed E-state index contributed by atoms with van der Waals surface area (Å²) in [5.74, 6) is 0.740. The van der Waals surface area contributed by atoms with Crippen molar-refractivity contribution in [3.8, 4) is 0 Å². The largest absolute Gasteiger partial charge is 0.367 e. The molecule has 0 radical (unpaired) electrons. The van der Waals surface area contributed by atoms with Crippen LogP contribution in [0.1, 0.15) is 25.7 Å². The Morgan fingerprint density at radius 1 is 1.45 bits per heavy atom. The third-order valence-corrected chi connectivity index (χ3v) is 5.01. The zero-order chi connectivity index (χ0) is 14.3. The van der Waals surface area contributed by atoms with Crippen molar-refractivity contribution in [2.45, 2.75) is 37.8 Å². The molecular weight excluding hydrogens is 256 g/mol. The Labute approximate surface area is 118 Å². The molecule has 2 atom stereocenters. The van der Waals surface area contributed by atoms with E-state index in [1.54, 1.807) is 6.07 Å². The Morgan fingerprint density at radius 3 is 2.65 bits per heavy atom. The molecule has 1 aromatic rings. The summed E-state index contributed by atoms with van der Waals surface area (Å²) < 4.78 is 0. The number of rotatable bonds is 4. The second-order valence-electron chi connectivity index (χ2n) is 6.16. The van der Waals surface area contributed by atoms with Crippen molar-refractivity contribution in [3.63, 3.8) is 0 Å². The molecule has 1 heterocycles. The fourth-order valence-corrected chi connectivity index (χ4v) is 3.72. The summed E-state index contributed by atoms with van der Waals surface area (Å²) in [5, 5.41) is 14.1. The maximum atomic E-state index is 10.6. The number of nitrogens with zero attached hydrogens (tertiary/aromatic N) is 3. The van der Waals surface area contributed by atoms with Gasteiger partial charge in [-0.05, 0) is 39.4 Å². The molecule has 2 saturated carbocycles. The van der Waals surface area contributed by atoms with Gasteiger partial charge in [-0.3, -0.25) is 10.1 Å². The number of hydrogen-bond acceptors (Lipinski definition) is 5. The van der Waals surface area contributed by atoms with Crippen LogP contribution in [-0.2, 0) is 0 Å². The minimum Gasteiger partial charge on any atom is -0.367 e.